The second-order valence-corrected chi connectivity index (χ2v) is 12.9. The molecule has 3 aliphatic rings. The van der Waals surface area contributed by atoms with E-state index in [0.717, 1.165) is 38.1 Å². The van der Waals surface area contributed by atoms with Gasteiger partial charge in [-0.15, -0.1) is 0 Å². The summed E-state index contributed by atoms with van der Waals surface area (Å²) in [6.07, 6.45) is 4.29. The summed E-state index contributed by atoms with van der Waals surface area (Å²) in [5.74, 6) is 2.12. The molecule has 9 heteroatoms. The number of likely N-dealkylation sites (tertiary alicyclic amines) is 1. The molecule has 2 N–H and O–H groups in total. The van der Waals surface area contributed by atoms with Gasteiger partial charge in [-0.05, 0) is 64.4 Å². The number of hydrogen-bond acceptors (Lipinski definition) is 7. The van der Waals surface area contributed by atoms with Gasteiger partial charge in [0.25, 0.3) is 0 Å². The summed E-state index contributed by atoms with van der Waals surface area (Å²) in [5, 5.41) is 10.9. The fourth-order valence-electron chi connectivity index (χ4n) is 5.55. The van der Waals surface area contributed by atoms with Crippen molar-refractivity contribution < 1.29 is 18.8 Å². The van der Waals surface area contributed by atoms with Crippen LogP contribution in [0.2, 0.25) is 0 Å². The first-order valence-corrected chi connectivity index (χ1v) is 14.5. The molecule has 2 saturated carbocycles. The first kappa shape index (κ1) is 27.6. The van der Waals surface area contributed by atoms with Crippen LogP contribution in [0.4, 0.5) is 4.79 Å². The number of rotatable bonds is 9. The van der Waals surface area contributed by atoms with Crippen molar-refractivity contribution in [3.05, 3.63) is 47.6 Å². The Morgan fingerprint density at radius 1 is 1.15 bits per heavy atom. The van der Waals surface area contributed by atoms with Crippen LogP contribution in [0.5, 0.6) is 0 Å². The van der Waals surface area contributed by atoms with E-state index in [1.54, 1.807) is 0 Å². The van der Waals surface area contributed by atoms with Gasteiger partial charge in [-0.2, -0.15) is 4.98 Å². The van der Waals surface area contributed by atoms with E-state index in [2.05, 4.69) is 46.1 Å². The SMILES string of the molecule is CC(C)[C@H](NC(=O)OC(C)(C)C)C(=O)N1CCC(c2nc(C3(CN[C@@H]4C[C@H]4c4ccccc4)CC3)no2)CC1. The summed E-state index contributed by atoms with van der Waals surface area (Å²) in [5.41, 5.74) is 0.778. The molecular formula is C30H43N5O4. The summed E-state index contributed by atoms with van der Waals surface area (Å²) in [6.45, 7) is 11.4. The predicted octanol–water partition coefficient (Wildman–Crippen LogP) is 4.50. The van der Waals surface area contributed by atoms with Crippen molar-refractivity contribution in [2.45, 2.75) is 102 Å². The lowest BCUT2D eigenvalue weighted by molar-refractivity contribution is -0.135. The van der Waals surface area contributed by atoms with E-state index in [1.807, 2.05) is 39.5 Å². The molecule has 9 nitrogen and oxygen atoms in total. The third kappa shape index (κ3) is 6.62. The quantitative estimate of drug-likeness (QED) is 0.485. The maximum Gasteiger partial charge on any atom is 0.408 e. The number of nitrogens with one attached hydrogen (secondary N) is 2. The number of carbonyl (C=O) groups excluding carboxylic acids is 2. The number of piperidine rings is 1. The first-order chi connectivity index (χ1) is 18.5. The van der Waals surface area contributed by atoms with Crippen LogP contribution in [0.1, 0.15) is 95.8 Å². The summed E-state index contributed by atoms with van der Waals surface area (Å²) in [6, 6.07) is 10.6. The summed E-state index contributed by atoms with van der Waals surface area (Å²) in [7, 11) is 0. The van der Waals surface area contributed by atoms with Crippen molar-refractivity contribution in [2.24, 2.45) is 5.92 Å². The monoisotopic (exact) mass is 537 g/mol. The van der Waals surface area contributed by atoms with Crippen LogP contribution in [0.25, 0.3) is 0 Å². The fraction of sp³-hybridized carbons (Fsp3) is 0.667. The van der Waals surface area contributed by atoms with Gasteiger partial charge in [0, 0.05) is 42.9 Å². The number of benzene rings is 1. The average Bonchev–Trinajstić information content (AvgIpc) is 3.81. The molecule has 212 valence electrons. The molecule has 0 unspecified atom stereocenters. The first-order valence-electron chi connectivity index (χ1n) is 14.5. The van der Waals surface area contributed by atoms with Gasteiger partial charge in [0.15, 0.2) is 5.82 Å². The van der Waals surface area contributed by atoms with E-state index in [-0.39, 0.29) is 23.2 Å². The molecular weight excluding hydrogens is 494 g/mol. The van der Waals surface area contributed by atoms with Crippen LogP contribution >= 0.6 is 0 Å². The number of carbonyl (C=O) groups is 2. The highest BCUT2D eigenvalue weighted by Gasteiger charge is 2.50. The number of amides is 2. The van der Waals surface area contributed by atoms with Crippen molar-refractivity contribution in [2.75, 3.05) is 19.6 Å². The Bertz CT molecular complexity index is 1150. The maximum absolute atomic E-state index is 13.3. The minimum atomic E-state index is -0.624. The van der Waals surface area contributed by atoms with Crippen LogP contribution in [-0.2, 0) is 14.9 Å². The van der Waals surface area contributed by atoms with Crippen molar-refractivity contribution in [3.8, 4) is 0 Å². The molecule has 5 rings (SSSR count). The lowest BCUT2D eigenvalue weighted by Crippen LogP contribution is -2.53. The Kier molecular flexibility index (Phi) is 7.73. The van der Waals surface area contributed by atoms with Crippen LogP contribution < -0.4 is 10.6 Å². The van der Waals surface area contributed by atoms with Crippen molar-refractivity contribution in [3.63, 3.8) is 0 Å². The Labute approximate surface area is 231 Å². The minimum absolute atomic E-state index is 0.0138. The molecule has 1 saturated heterocycles. The summed E-state index contributed by atoms with van der Waals surface area (Å²) >= 11 is 0. The molecule has 1 aromatic heterocycles. The van der Waals surface area contributed by atoms with Crippen LogP contribution in [-0.4, -0.2) is 64.4 Å². The molecule has 39 heavy (non-hydrogen) atoms. The van der Waals surface area contributed by atoms with E-state index in [1.165, 1.54) is 12.0 Å². The van der Waals surface area contributed by atoms with E-state index >= 15 is 0 Å². The third-order valence-electron chi connectivity index (χ3n) is 8.25. The van der Waals surface area contributed by atoms with E-state index in [0.29, 0.717) is 30.9 Å². The Balaban J connectivity index is 1.11. The summed E-state index contributed by atoms with van der Waals surface area (Å²) in [4.78, 5) is 32.3. The third-order valence-corrected chi connectivity index (χ3v) is 8.25. The van der Waals surface area contributed by atoms with Crippen molar-refractivity contribution in [1.29, 1.82) is 0 Å². The maximum atomic E-state index is 13.3. The lowest BCUT2D eigenvalue weighted by Gasteiger charge is -2.34. The number of nitrogens with zero attached hydrogens (tertiary/aromatic N) is 3. The zero-order valence-electron chi connectivity index (χ0n) is 23.9. The molecule has 2 amide bonds. The zero-order chi connectivity index (χ0) is 27.8. The van der Waals surface area contributed by atoms with Gasteiger partial charge in [-0.1, -0.05) is 49.3 Å². The topological polar surface area (TPSA) is 110 Å². The van der Waals surface area contributed by atoms with Gasteiger partial charge in [0.2, 0.25) is 11.8 Å². The highest BCUT2D eigenvalue weighted by Crippen LogP contribution is 2.48. The summed E-state index contributed by atoms with van der Waals surface area (Å²) < 4.78 is 11.1. The Hall–Kier alpha value is -2.94. The number of hydrogen-bond donors (Lipinski definition) is 2. The van der Waals surface area contributed by atoms with Crippen LogP contribution in [0.15, 0.2) is 34.9 Å². The molecule has 3 atom stereocenters. The lowest BCUT2D eigenvalue weighted by atomic mass is 9.95. The second-order valence-electron chi connectivity index (χ2n) is 12.9. The van der Waals surface area contributed by atoms with E-state index < -0.39 is 17.7 Å². The number of ether oxygens (including phenoxy) is 1. The average molecular weight is 538 g/mol. The molecule has 0 bridgehead atoms. The van der Waals surface area contributed by atoms with Crippen LogP contribution in [0, 0.1) is 5.92 Å². The zero-order valence-corrected chi connectivity index (χ0v) is 23.9. The highest BCUT2D eigenvalue weighted by molar-refractivity contribution is 5.86. The molecule has 1 aromatic carbocycles. The van der Waals surface area contributed by atoms with Gasteiger partial charge in [0.05, 0.1) is 0 Å². The molecule has 0 radical (unpaired) electrons. The van der Waals surface area contributed by atoms with Crippen molar-refractivity contribution in [1.82, 2.24) is 25.7 Å². The second kappa shape index (κ2) is 10.9. The fourth-order valence-corrected chi connectivity index (χ4v) is 5.55. The molecule has 1 aliphatic heterocycles. The van der Waals surface area contributed by atoms with Gasteiger partial charge in [0.1, 0.15) is 11.6 Å². The van der Waals surface area contributed by atoms with Gasteiger partial charge >= 0.3 is 6.09 Å². The molecule has 0 spiro atoms. The smallest absolute Gasteiger partial charge is 0.408 e. The Morgan fingerprint density at radius 2 is 1.85 bits per heavy atom. The highest BCUT2D eigenvalue weighted by atomic mass is 16.6. The van der Waals surface area contributed by atoms with Crippen LogP contribution in [0.3, 0.4) is 0 Å². The van der Waals surface area contributed by atoms with Gasteiger partial charge in [-0.25, -0.2) is 4.79 Å². The molecule has 3 fully saturated rings. The molecule has 2 aliphatic carbocycles. The standard InChI is InChI=1S/C30H43N5O4/c1-19(2)24(32-28(37)38-29(3,4)5)26(36)35-15-11-21(12-16-35)25-33-27(34-39-25)30(13-14-30)18-31-23-17-22(23)20-9-7-6-8-10-20/h6-10,19,21-24,31H,11-18H2,1-5H3,(H,32,37)/t22-,23+,24-/m0/s1. The largest absolute Gasteiger partial charge is 0.444 e. The van der Waals surface area contributed by atoms with Gasteiger partial charge in [-0.3, -0.25) is 4.79 Å². The van der Waals surface area contributed by atoms with Crippen molar-refractivity contribution >= 4 is 12.0 Å². The number of alkyl carbamates (subject to hydrolysis) is 1. The predicted molar refractivity (Wildman–Crippen MR) is 147 cm³/mol. The van der Waals surface area contributed by atoms with Gasteiger partial charge < -0.3 is 24.8 Å². The normalized spacial score (nSPS) is 23.4. The Morgan fingerprint density at radius 3 is 2.46 bits per heavy atom. The molecule has 2 aromatic rings. The number of aromatic nitrogens is 2. The molecule has 2 heterocycles. The van der Waals surface area contributed by atoms with E-state index in [9.17, 15) is 9.59 Å². The minimum Gasteiger partial charge on any atom is -0.444 e. The van der Waals surface area contributed by atoms with E-state index in [4.69, 9.17) is 14.2 Å².